The molecular weight excluding hydrogens is 210 g/mol. The Bertz CT molecular complexity index is 396. The Kier molecular flexibility index (Phi) is 4.88. The number of nitrogens with two attached hydrogens (primary N) is 1. The lowest BCUT2D eigenvalue weighted by atomic mass is 9.96. The van der Waals surface area contributed by atoms with Gasteiger partial charge in [-0.3, -0.25) is 4.79 Å². The average molecular weight is 233 g/mol. The summed E-state index contributed by atoms with van der Waals surface area (Å²) in [5.74, 6) is 0.607. The van der Waals surface area contributed by atoms with E-state index in [0.29, 0.717) is 12.3 Å². The zero-order valence-corrected chi connectivity index (χ0v) is 11.3. The highest BCUT2D eigenvalue weighted by Gasteiger charge is 2.15. The zero-order valence-electron chi connectivity index (χ0n) is 11.3. The summed E-state index contributed by atoms with van der Waals surface area (Å²) in [6.07, 6.45) is 1.22. The molecule has 1 aromatic rings. The van der Waals surface area contributed by atoms with Crippen molar-refractivity contribution < 1.29 is 4.79 Å². The number of benzene rings is 1. The molecule has 1 unspecified atom stereocenters. The molecule has 0 saturated carbocycles. The molecule has 1 aromatic carbocycles. The Morgan fingerprint density at radius 3 is 2.41 bits per heavy atom. The van der Waals surface area contributed by atoms with Crippen molar-refractivity contribution in [1.82, 2.24) is 0 Å². The maximum Gasteiger partial charge on any atom is 0.153 e. The van der Waals surface area contributed by atoms with Gasteiger partial charge in [-0.05, 0) is 42.9 Å². The summed E-state index contributed by atoms with van der Waals surface area (Å²) in [5.41, 5.74) is 9.44. The van der Waals surface area contributed by atoms with Crippen molar-refractivity contribution in [2.45, 2.75) is 46.6 Å². The summed E-state index contributed by atoms with van der Waals surface area (Å²) in [4.78, 5) is 11.9. The molecule has 0 spiro atoms. The molecule has 0 fully saturated rings. The predicted octanol–water partition coefficient (Wildman–Crippen LogP) is 2.79. The largest absolute Gasteiger partial charge is 0.321 e. The zero-order chi connectivity index (χ0) is 13.0. The van der Waals surface area contributed by atoms with Gasteiger partial charge in [0.15, 0.2) is 5.78 Å². The SMILES string of the molecule is Cc1ccc(CC(=O)C(N)CC(C)C)cc1C. The fraction of sp³-hybridized carbons (Fsp3) is 0.533. The number of rotatable bonds is 5. The van der Waals surface area contributed by atoms with Gasteiger partial charge in [0.2, 0.25) is 0 Å². The monoisotopic (exact) mass is 233 g/mol. The summed E-state index contributed by atoms with van der Waals surface area (Å²) in [6, 6.07) is 5.83. The first kappa shape index (κ1) is 13.9. The van der Waals surface area contributed by atoms with Crippen molar-refractivity contribution in [1.29, 1.82) is 0 Å². The molecule has 0 aromatic heterocycles. The minimum absolute atomic E-state index is 0.141. The molecule has 0 radical (unpaired) electrons. The molecule has 1 rings (SSSR count). The molecule has 2 nitrogen and oxygen atoms in total. The predicted molar refractivity (Wildman–Crippen MR) is 72.1 cm³/mol. The van der Waals surface area contributed by atoms with E-state index in [2.05, 4.69) is 39.8 Å². The van der Waals surface area contributed by atoms with E-state index in [0.717, 1.165) is 12.0 Å². The second-order valence-corrected chi connectivity index (χ2v) is 5.30. The first-order valence-electron chi connectivity index (χ1n) is 6.24. The molecule has 0 aliphatic rings. The van der Waals surface area contributed by atoms with E-state index >= 15 is 0 Å². The number of Topliss-reactive ketones (excluding diaryl/α,β-unsaturated/α-hetero) is 1. The van der Waals surface area contributed by atoms with Gasteiger partial charge >= 0.3 is 0 Å². The molecule has 0 aliphatic heterocycles. The van der Waals surface area contributed by atoms with E-state index in [4.69, 9.17) is 5.73 Å². The molecule has 2 N–H and O–H groups in total. The Morgan fingerprint density at radius 2 is 1.88 bits per heavy atom. The smallest absolute Gasteiger partial charge is 0.153 e. The second-order valence-electron chi connectivity index (χ2n) is 5.30. The van der Waals surface area contributed by atoms with Crippen LogP contribution in [0.3, 0.4) is 0 Å². The van der Waals surface area contributed by atoms with E-state index in [1.807, 2.05) is 6.07 Å². The van der Waals surface area contributed by atoms with Gasteiger partial charge in [0.1, 0.15) is 0 Å². The van der Waals surface area contributed by atoms with Crippen LogP contribution in [0.1, 0.15) is 37.0 Å². The molecule has 0 heterocycles. The molecule has 0 bridgehead atoms. The summed E-state index contributed by atoms with van der Waals surface area (Å²) in [7, 11) is 0. The normalized spacial score (nSPS) is 12.8. The van der Waals surface area contributed by atoms with Gasteiger partial charge in [0.25, 0.3) is 0 Å². The lowest BCUT2D eigenvalue weighted by Gasteiger charge is -2.13. The van der Waals surface area contributed by atoms with Crippen molar-refractivity contribution in [3.63, 3.8) is 0 Å². The van der Waals surface area contributed by atoms with Crippen LogP contribution in [0.25, 0.3) is 0 Å². The highest BCUT2D eigenvalue weighted by molar-refractivity contribution is 5.85. The van der Waals surface area contributed by atoms with Gasteiger partial charge < -0.3 is 5.73 Å². The van der Waals surface area contributed by atoms with Crippen molar-refractivity contribution >= 4 is 5.78 Å². The first-order valence-corrected chi connectivity index (χ1v) is 6.24. The lowest BCUT2D eigenvalue weighted by Crippen LogP contribution is -2.33. The van der Waals surface area contributed by atoms with Gasteiger partial charge in [-0.2, -0.15) is 0 Å². The van der Waals surface area contributed by atoms with Crippen LogP contribution in [-0.2, 0) is 11.2 Å². The minimum atomic E-state index is -0.323. The summed E-state index contributed by atoms with van der Waals surface area (Å²) < 4.78 is 0. The van der Waals surface area contributed by atoms with E-state index in [-0.39, 0.29) is 11.8 Å². The third-order valence-corrected chi connectivity index (χ3v) is 3.09. The van der Waals surface area contributed by atoms with Crippen molar-refractivity contribution in [2.75, 3.05) is 0 Å². The van der Waals surface area contributed by atoms with Crippen LogP contribution < -0.4 is 5.73 Å². The van der Waals surface area contributed by atoms with Gasteiger partial charge in [-0.1, -0.05) is 32.0 Å². The Morgan fingerprint density at radius 1 is 1.24 bits per heavy atom. The van der Waals surface area contributed by atoms with Crippen molar-refractivity contribution in [3.8, 4) is 0 Å². The number of hydrogen-bond donors (Lipinski definition) is 1. The quantitative estimate of drug-likeness (QED) is 0.849. The van der Waals surface area contributed by atoms with Gasteiger partial charge in [0.05, 0.1) is 6.04 Å². The highest BCUT2D eigenvalue weighted by atomic mass is 16.1. The number of carbonyl (C=O) groups is 1. The van der Waals surface area contributed by atoms with Crippen LogP contribution in [0.15, 0.2) is 18.2 Å². The van der Waals surface area contributed by atoms with Crippen molar-refractivity contribution in [3.05, 3.63) is 34.9 Å². The third-order valence-electron chi connectivity index (χ3n) is 3.09. The molecule has 94 valence electrons. The standard InChI is InChI=1S/C15H23NO/c1-10(2)7-14(16)15(17)9-13-6-5-11(3)12(4)8-13/h5-6,8,10,14H,7,9,16H2,1-4H3. The minimum Gasteiger partial charge on any atom is -0.321 e. The van der Waals surface area contributed by atoms with Crippen LogP contribution in [0.4, 0.5) is 0 Å². The van der Waals surface area contributed by atoms with Crippen LogP contribution in [0, 0.1) is 19.8 Å². The van der Waals surface area contributed by atoms with Gasteiger partial charge in [0, 0.05) is 6.42 Å². The number of aryl methyl sites for hydroxylation is 2. The Balaban J connectivity index is 2.64. The maximum absolute atomic E-state index is 11.9. The second kappa shape index (κ2) is 5.97. The first-order chi connectivity index (χ1) is 7.90. The summed E-state index contributed by atoms with van der Waals surface area (Å²) >= 11 is 0. The van der Waals surface area contributed by atoms with E-state index in [1.165, 1.54) is 11.1 Å². The van der Waals surface area contributed by atoms with Gasteiger partial charge in [-0.25, -0.2) is 0 Å². The molecule has 0 aliphatic carbocycles. The van der Waals surface area contributed by atoms with E-state index < -0.39 is 0 Å². The summed E-state index contributed by atoms with van der Waals surface area (Å²) in [6.45, 7) is 8.31. The van der Waals surface area contributed by atoms with Gasteiger partial charge in [-0.15, -0.1) is 0 Å². The fourth-order valence-electron chi connectivity index (χ4n) is 1.89. The fourth-order valence-corrected chi connectivity index (χ4v) is 1.89. The van der Waals surface area contributed by atoms with E-state index in [9.17, 15) is 4.79 Å². The van der Waals surface area contributed by atoms with Crippen LogP contribution in [0.2, 0.25) is 0 Å². The molecule has 1 atom stereocenters. The molecule has 2 heteroatoms. The number of ketones is 1. The molecule has 17 heavy (non-hydrogen) atoms. The molecular formula is C15H23NO. The maximum atomic E-state index is 11.9. The number of carbonyl (C=O) groups excluding carboxylic acids is 1. The lowest BCUT2D eigenvalue weighted by molar-refractivity contribution is -0.120. The van der Waals surface area contributed by atoms with Crippen LogP contribution >= 0.6 is 0 Å². The molecule has 0 saturated heterocycles. The Labute approximate surface area is 104 Å². The third kappa shape index (κ3) is 4.31. The number of hydrogen-bond acceptors (Lipinski definition) is 2. The average Bonchev–Trinajstić information content (AvgIpc) is 2.22. The highest BCUT2D eigenvalue weighted by Crippen LogP contribution is 2.12. The van der Waals surface area contributed by atoms with E-state index in [1.54, 1.807) is 0 Å². The molecule has 0 amide bonds. The summed E-state index contributed by atoms with van der Waals surface area (Å²) in [5, 5.41) is 0. The Hall–Kier alpha value is -1.15. The van der Waals surface area contributed by atoms with Crippen molar-refractivity contribution in [2.24, 2.45) is 11.7 Å². The van der Waals surface area contributed by atoms with Crippen LogP contribution in [-0.4, -0.2) is 11.8 Å². The topological polar surface area (TPSA) is 43.1 Å². The van der Waals surface area contributed by atoms with Crippen LogP contribution in [0.5, 0.6) is 0 Å².